The minimum Gasteiger partial charge on any atom is -0.480 e. The number of urea groups is 1. The van der Waals surface area contributed by atoms with Gasteiger partial charge in [-0.25, -0.2) is 4.79 Å². The highest BCUT2D eigenvalue weighted by atomic mass is 16.4. The van der Waals surface area contributed by atoms with Gasteiger partial charge in [0.1, 0.15) is 6.54 Å². The smallest absolute Gasteiger partial charge is 0.323 e. The highest BCUT2D eigenvalue weighted by molar-refractivity contribution is 5.90. The van der Waals surface area contributed by atoms with Crippen molar-refractivity contribution in [1.29, 1.82) is 0 Å². The SMILES string of the molecule is Cn1ccc(NC(=O)N(CC(=O)O)C2CC2)n1. The number of carboxylic acid groups (broad SMARTS) is 1. The Hall–Kier alpha value is -2.05. The fourth-order valence-corrected chi connectivity index (χ4v) is 1.56. The van der Waals surface area contributed by atoms with Gasteiger partial charge in [-0.15, -0.1) is 0 Å². The third kappa shape index (κ3) is 2.96. The molecule has 7 nitrogen and oxygen atoms in total. The van der Waals surface area contributed by atoms with E-state index in [4.69, 9.17) is 5.11 Å². The van der Waals surface area contributed by atoms with E-state index in [9.17, 15) is 9.59 Å². The summed E-state index contributed by atoms with van der Waals surface area (Å²) in [6, 6.07) is 1.30. The fourth-order valence-electron chi connectivity index (χ4n) is 1.56. The third-order valence-electron chi connectivity index (χ3n) is 2.50. The van der Waals surface area contributed by atoms with Crippen LogP contribution in [0.2, 0.25) is 0 Å². The topological polar surface area (TPSA) is 87.5 Å². The zero-order valence-electron chi connectivity index (χ0n) is 9.46. The lowest BCUT2D eigenvalue weighted by Gasteiger charge is -2.19. The molecule has 2 amide bonds. The molecule has 0 atom stereocenters. The monoisotopic (exact) mass is 238 g/mol. The van der Waals surface area contributed by atoms with Crippen LogP contribution in [0.15, 0.2) is 12.3 Å². The molecule has 92 valence electrons. The molecule has 2 rings (SSSR count). The van der Waals surface area contributed by atoms with Crippen molar-refractivity contribution in [2.75, 3.05) is 11.9 Å². The van der Waals surface area contributed by atoms with Crippen LogP contribution in [-0.4, -0.2) is 44.4 Å². The number of carboxylic acids is 1. The van der Waals surface area contributed by atoms with E-state index >= 15 is 0 Å². The number of hydrogen-bond acceptors (Lipinski definition) is 3. The largest absolute Gasteiger partial charge is 0.480 e. The molecule has 1 heterocycles. The van der Waals surface area contributed by atoms with Crippen molar-refractivity contribution < 1.29 is 14.7 Å². The molecule has 1 aromatic heterocycles. The molecule has 0 aliphatic heterocycles. The molecule has 0 unspecified atom stereocenters. The number of nitrogens with one attached hydrogen (secondary N) is 1. The van der Waals surface area contributed by atoms with E-state index in [0.29, 0.717) is 5.82 Å². The van der Waals surface area contributed by atoms with Gasteiger partial charge in [0.25, 0.3) is 0 Å². The number of carbonyl (C=O) groups is 2. The minimum atomic E-state index is -1.01. The predicted molar refractivity (Wildman–Crippen MR) is 59.6 cm³/mol. The summed E-state index contributed by atoms with van der Waals surface area (Å²) in [4.78, 5) is 23.8. The van der Waals surface area contributed by atoms with Crippen LogP contribution >= 0.6 is 0 Å². The number of aryl methyl sites for hydroxylation is 1. The number of amides is 2. The molecule has 2 N–H and O–H groups in total. The summed E-state index contributed by atoms with van der Waals surface area (Å²) in [7, 11) is 1.74. The van der Waals surface area contributed by atoms with Crippen LogP contribution in [0.25, 0.3) is 0 Å². The van der Waals surface area contributed by atoms with Crippen LogP contribution < -0.4 is 5.32 Å². The molecule has 17 heavy (non-hydrogen) atoms. The maximum Gasteiger partial charge on any atom is 0.323 e. The van der Waals surface area contributed by atoms with Gasteiger partial charge >= 0.3 is 12.0 Å². The number of anilines is 1. The second-order valence-electron chi connectivity index (χ2n) is 4.06. The highest BCUT2D eigenvalue weighted by Crippen LogP contribution is 2.27. The first-order valence-corrected chi connectivity index (χ1v) is 5.35. The van der Waals surface area contributed by atoms with Crippen molar-refractivity contribution in [3.05, 3.63) is 12.3 Å². The maximum absolute atomic E-state index is 11.8. The van der Waals surface area contributed by atoms with E-state index in [0.717, 1.165) is 12.8 Å². The van der Waals surface area contributed by atoms with Crippen molar-refractivity contribution in [3.8, 4) is 0 Å². The molecule has 0 bridgehead atoms. The lowest BCUT2D eigenvalue weighted by molar-refractivity contribution is -0.137. The summed E-state index contributed by atoms with van der Waals surface area (Å²) >= 11 is 0. The standard InChI is InChI=1S/C10H14N4O3/c1-13-5-4-8(12-13)11-10(17)14(6-9(15)16)7-2-3-7/h4-5,7H,2-3,6H2,1H3,(H,15,16)(H,11,12,17). The fraction of sp³-hybridized carbons (Fsp3) is 0.500. The van der Waals surface area contributed by atoms with Crippen LogP contribution in [0.5, 0.6) is 0 Å². The van der Waals surface area contributed by atoms with Crippen LogP contribution in [0.4, 0.5) is 10.6 Å². The third-order valence-corrected chi connectivity index (χ3v) is 2.50. The van der Waals surface area contributed by atoms with Gasteiger partial charge in [-0.2, -0.15) is 5.10 Å². The lowest BCUT2D eigenvalue weighted by Crippen LogP contribution is -2.40. The van der Waals surface area contributed by atoms with Crippen molar-refractivity contribution in [2.24, 2.45) is 7.05 Å². The second-order valence-corrected chi connectivity index (χ2v) is 4.06. The van der Waals surface area contributed by atoms with Gasteiger partial charge in [0.05, 0.1) is 0 Å². The van der Waals surface area contributed by atoms with Crippen molar-refractivity contribution in [3.63, 3.8) is 0 Å². The molecule has 1 aliphatic rings. The molecule has 1 saturated carbocycles. The van der Waals surface area contributed by atoms with Crippen molar-refractivity contribution in [2.45, 2.75) is 18.9 Å². The molecule has 0 aromatic carbocycles. The number of nitrogens with zero attached hydrogens (tertiary/aromatic N) is 3. The van der Waals surface area contributed by atoms with Gasteiger partial charge in [0, 0.05) is 25.4 Å². The van der Waals surface area contributed by atoms with Crippen molar-refractivity contribution in [1.82, 2.24) is 14.7 Å². The first kappa shape index (κ1) is 11.4. The minimum absolute atomic E-state index is 0.0508. The van der Waals surface area contributed by atoms with Gasteiger partial charge < -0.3 is 10.0 Å². The quantitative estimate of drug-likeness (QED) is 0.799. The molecule has 1 aromatic rings. The summed E-state index contributed by atoms with van der Waals surface area (Å²) in [6.45, 7) is -0.274. The molecular formula is C10H14N4O3. The Kier molecular flexibility index (Phi) is 2.99. The predicted octanol–water partition coefficient (Wildman–Crippen LogP) is 0.501. The first-order chi connectivity index (χ1) is 8.06. The average Bonchev–Trinajstić information content (AvgIpc) is 3.00. The van der Waals surface area contributed by atoms with Gasteiger partial charge in [-0.05, 0) is 12.8 Å². The Morgan fingerprint density at radius 3 is 2.82 bits per heavy atom. The van der Waals surface area contributed by atoms with Gasteiger partial charge in [-0.1, -0.05) is 0 Å². The van der Waals surface area contributed by atoms with E-state index in [1.54, 1.807) is 24.0 Å². The number of aliphatic carboxylic acids is 1. The second kappa shape index (κ2) is 4.44. The maximum atomic E-state index is 11.8. The highest BCUT2D eigenvalue weighted by Gasteiger charge is 2.34. The number of aromatic nitrogens is 2. The normalized spacial score (nSPS) is 14.4. The summed E-state index contributed by atoms with van der Waals surface area (Å²) < 4.78 is 1.56. The first-order valence-electron chi connectivity index (χ1n) is 5.35. The van der Waals surface area contributed by atoms with Gasteiger partial charge in [0.2, 0.25) is 0 Å². The Labute approximate surface area is 98.0 Å². The zero-order valence-corrected chi connectivity index (χ0v) is 9.46. The number of hydrogen-bond donors (Lipinski definition) is 2. The molecule has 1 fully saturated rings. The summed E-state index contributed by atoms with van der Waals surface area (Å²) in [5.74, 6) is -0.582. The molecule has 0 radical (unpaired) electrons. The average molecular weight is 238 g/mol. The van der Waals surface area contributed by atoms with Crippen molar-refractivity contribution >= 4 is 17.8 Å². The van der Waals surface area contributed by atoms with Crippen LogP contribution in [0.3, 0.4) is 0 Å². The Bertz CT molecular complexity index is 439. The number of rotatable bonds is 4. The summed E-state index contributed by atoms with van der Waals surface area (Å²) in [5.41, 5.74) is 0. The van der Waals surface area contributed by atoms with Gasteiger partial charge in [0.15, 0.2) is 5.82 Å². The van der Waals surface area contributed by atoms with E-state index < -0.39 is 12.0 Å². The molecule has 1 aliphatic carbocycles. The lowest BCUT2D eigenvalue weighted by atomic mass is 10.5. The summed E-state index contributed by atoms with van der Waals surface area (Å²) in [6.07, 6.45) is 3.43. The van der Waals surface area contributed by atoms with Crippen LogP contribution in [0.1, 0.15) is 12.8 Å². The molecule has 0 saturated heterocycles. The molecular weight excluding hydrogens is 224 g/mol. The van der Waals surface area contributed by atoms with Crippen LogP contribution in [-0.2, 0) is 11.8 Å². The van der Waals surface area contributed by atoms with E-state index in [1.165, 1.54) is 4.90 Å². The van der Waals surface area contributed by atoms with E-state index in [2.05, 4.69) is 10.4 Å². The van der Waals surface area contributed by atoms with E-state index in [-0.39, 0.29) is 12.6 Å². The van der Waals surface area contributed by atoms with E-state index in [1.807, 2.05) is 0 Å². The summed E-state index contributed by atoms with van der Waals surface area (Å²) in [5, 5.41) is 15.3. The molecule has 7 heteroatoms. The Balaban J connectivity index is 1.98. The molecule has 0 spiro atoms. The zero-order chi connectivity index (χ0) is 12.4. The number of carbonyl (C=O) groups excluding carboxylic acids is 1. The Morgan fingerprint density at radius 2 is 2.35 bits per heavy atom. The Morgan fingerprint density at radius 1 is 1.65 bits per heavy atom. The van der Waals surface area contributed by atoms with Crippen LogP contribution in [0, 0.1) is 0 Å². The van der Waals surface area contributed by atoms with Gasteiger partial charge in [-0.3, -0.25) is 14.8 Å².